The molecule has 0 spiro atoms. The van der Waals surface area contributed by atoms with Crippen LogP contribution in [-0.2, 0) is 0 Å². The molecule has 0 aromatic carbocycles. The van der Waals surface area contributed by atoms with Gasteiger partial charge in [0.25, 0.3) is 0 Å². The molecule has 1 heterocycles. The molecule has 0 aliphatic heterocycles. The highest BCUT2D eigenvalue weighted by molar-refractivity contribution is 6.30. The van der Waals surface area contributed by atoms with Gasteiger partial charge in [0, 0.05) is 6.20 Å². The normalized spacial score (nSPS) is 10.6. The molecule has 1 aromatic rings. The molecule has 0 radical (unpaired) electrons. The Balaban J connectivity index is 2.77. The summed E-state index contributed by atoms with van der Waals surface area (Å²) < 4.78 is 0. The Labute approximate surface area is 83.3 Å². The van der Waals surface area contributed by atoms with Gasteiger partial charge in [-0.15, -0.1) is 6.42 Å². The van der Waals surface area contributed by atoms with Gasteiger partial charge in [0.2, 0.25) is 0 Å². The summed E-state index contributed by atoms with van der Waals surface area (Å²) in [4.78, 5) is 4.07. The maximum Gasteiger partial charge on any atom is 0.127 e. The van der Waals surface area contributed by atoms with Crippen LogP contribution in [0.25, 0.3) is 0 Å². The van der Waals surface area contributed by atoms with Crippen molar-refractivity contribution in [1.82, 2.24) is 4.98 Å². The van der Waals surface area contributed by atoms with E-state index >= 15 is 0 Å². The molecule has 1 rings (SSSR count). The number of terminal acetylenes is 1. The zero-order chi connectivity index (χ0) is 9.90. The topological polar surface area (TPSA) is 24.9 Å². The van der Waals surface area contributed by atoms with E-state index in [-0.39, 0.29) is 5.54 Å². The molecule has 0 aliphatic rings. The molecule has 3 heteroatoms. The third kappa shape index (κ3) is 2.96. The third-order valence-corrected chi connectivity index (χ3v) is 1.75. The Morgan fingerprint density at radius 2 is 2.23 bits per heavy atom. The monoisotopic (exact) mass is 194 g/mol. The van der Waals surface area contributed by atoms with Crippen LogP contribution in [0.3, 0.4) is 0 Å². The van der Waals surface area contributed by atoms with Crippen LogP contribution in [0.2, 0.25) is 5.02 Å². The summed E-state index contributed by atoms with van der Waals surface area (Å²) in [7, 11) is 0. The van der Waals surface area contributed by atoms with Gasteiger partial charge in [-0.3, -0.25) is 0 Å². The Hall–Kier alpha value is -1.20. The van der Waals surface area contributed by atoms with Crippen molar-refractivity contribution in [3.63, 3.8) is 0 Å². The minimum Gasteiger partial charge on any atom is -0.354 e. The highest BCUT2D eigenvalue weighted by atomic mass is 35.5. The maximum atomic E-state index is 5.69. The molecule has 0 atom stereocenters. The second-order valence-corrected chi connectivity index (χ2v) is 3.69. The lowest BCUT2D eigenvalue weighted by Gasteiger charge is -2.19. The third-order valence-electron chi connectivity index (χ3n) is 1.53. The van der Waals surface area contributed by atoms with Gasteiger partial charge in [-0.2, -0.15) is 0 Å². The molecule has 0 saturated heterocycles. The smallest absolute Gasteiger partial charge is 0.127 e. The standard InChI is InChI=1S/C10H11ClN2/c1-4-10(2,3)13-9-6-5-8(11)7-12-9/h1,5-7H,2-3H3,(H,12,13). The van der Waals surface area contributed by atoms with Gasteiger partial charge in [0.15, 0.2) is 0 Å². The van der Waals surface area contributed by atoms with Gasteiger partial charge in [0.05, 0.1) is 10.6 Å². The molecule has 0 bridgehead atoms. The Morgan fingerprint density at radius 3 is 2.69 bits per heavy atom. The molecule has 0 unspecified atom stereocenters. The fraction of sp³-hybridized carbons (Fsp3) is 0.300. The number of halogens is 1. The van der Waals surface area contributed by atoms with Crippen LogP contribution in [-0.4, -0.2) is 10.5 Å². The van der Waals surface area contributed by atoms with E-state index in [2.05, 4.69) is 16.2 Å². The highest BCUT2D eigenvalue weighted by Gasteiger charge is 2.12. The first kappa shape index (κ1) is 9.88. The van der Waals surface area contributed by atoms with E-state index in [4.69, 9.17) is 18.0 Å². The molecule has 0 saturated carbocycles. The zero-order valence-corrected chi connectivity index (χ0v) is 8.39. The summed E-state index contributed by atoms with van der Waals surface area (Å²) in [6.07, 6.45) is 6.90. The number of pyridine rings is 1. The second kappa shape index (κ2) is 3.68. The van der Waals surface area contributed by atoms with E-state index in [1.807, 2.05) is 13.8 Å². The van der Waals surface area contributed by atoms with Crippen LogP contribution < -0.4 is 5.32 Å². The average Bonchev–Trinajstić information content (AvgIpc) is 2.09. The predicted molar refractivity (Wildman–Crippen MR) is 55.8 cm³/mol. The number of anilines is 1. The minimum atomic E-state index is -0.388. The lowest BCUT2D eigenvalue weighted by molar-refractivity contribution is 0.736. The summed E-state index contributed by atoms with van der Waals surface area (Å²) in [5.41, 5.74) is -0.388. The quantitative estimate of drug-likeness (QED) is 0.732. The number of aromatic nitrogens is 1. The molecule has 68 valence electrons. The Morgan fingerprint density at radius 1 is 1.54 bits per heavy atom. The van der Waals surface area contributed by atoms with E-state index in [0.29, 0.717) is 5.02 Å². The van der Waals surface area contributed by atoms with Crippen molar-refractivity contribution in [3.8, 4) is 12.3 Å². The lowest BCUT2D eigenvalue weighted by atomic mass is 10.1. The fourth-order valence-electron chi connectivity index (χ4n) is 0.806. The van der Waals surface area contributed by atoms with Crippen LogP contribution in [0.5, 0.6) is 0 Å². The molecular formula is C10H11ClN2. The molecule has 0 amide bonds. The summed E-state index contributed by atoms with van der Waals surface area (Å²) in [5.74, 6) is 3.35. The van der Waals surface area contributed by atoms with Gasteiger partial charge in [-0.25, -0.2) is 4.98 Å². The van der Waals surface area contributed by atoms with Crippen LogP contribution >= 0.6 is 11.6 Å². The van der Waals surface area contributed by atoms with Crippen molar-refractivity contribution in [3.05, 3.63) is 23.4 Å². The number of hydrogen-bond acceptors (Lipinski definition) is 2. The second-order valence-electron chi connectivity index (χ2n) is 3.26. The molecule has 2 nitrogen and oxygen atoms in total. The van der Waals surface area contributed by atoms with Gasteiger partial charge in [-0.1, -0.05) is 17.5 Å². The van der Waals surface area contributed by atoms with E-state index in [1.165, 1.54) is 0 Å². The SMILES string of the molecule is C#CC(C)(C)Nc1ccc(Cl)cn1. The van der Waals surface area contributed by atoms with Crippen LogP contribution in [0.4, 0.5) is 5.82 Å². The highest BCUT2D eigenvalue weighted by Crippen LogP contribution is 2.13. The fourth-order valence-corrected chi connectivity index (χ4v) is 0.918. The van der Waals surface area contributed by atoms with Gasteiger partial charge < -0.3 is 5.32 Å². The largest absolute Gasteiger partial charge is 0.354 e. The molecule has 0 fully saturated rings. The van der Waals surface area contributed by atoms with Crippen molar-refractivity contribution in [2.45, 2.75) is 19.4 Å². The van der Waals surface area contributed by atoms with Gasteiger partial charge in [-0.05, 0) is 26.0 Å². The minimum absolute atomic E-state index is 0.388. The average molecular weight is 195 g/mol. The molecule has 1 N–H and O–H groups in total. The number of hydrogen-bond donors (Lipinski definition) is 1. The van der Waals surface area contributed by atoms with E-state index in [1.54, 1.807) is 18.3 Å². The van der Waals surface area contributed by atoms with Crippen molar-refractivity contribution < 1.29 is 0 Å². The molecule has 1 aromatic heterocycles. The zero-order valence-electron chi connectivity index (χ0n) is 7.63. The summed E-state index contributed by atoms with van der Waals surface area (Å²) >= 11 is 5.69. The van der Waals surface area contributed by atoms with E-state index in [9.17, 15) is 0 Å². The lowest BCUT2D eigenvalue weighted by Crippen LogP contribution is -2.28. The summed E-state index contributed by atoms with van der Waals surface area (Å²) in [6.45, 7) is 3.81. The first-order chi connectivity index (χ1) is 6.03. The summed E-state index contributed by atoms with van der Waals surface area (Å²) in [5, 5.41) is 3.70. The number of rotatable bonds is 2. The Kier molecular flexibility index (Phi) is 2.79. The van der Waals surface area contributed by atoms with Crippen molar-refractivity contribution >= 4 is 17.4 Å². The number of nitrogens with zero attached hydrogens (tertiary/aromatic N) is 1. The maximum absolute atomic E-state index is 5.69. The van der Waals surface area contributed by atoms with Gasteiger partial charge in [0.1, 0.15) is 5.82 Å². The number of nitrogens with one attached hydrogen (secondary N) is 1. The van der Waals surface area contributed by atoms with Crippen molar-refractivity contribution in [2.24, 2.45) is 0 Å². The first-order valence-corrected chi connectivity index (χ1v) is 4.29. The predicted octanol–water partition coefficient (Wildman–Crippen LogP) is 2.56. The van der Waals surface area contributed by atoms with Crippen LogP contribution in [0, 0.1) is 12.3 Å². The first-order valence-electron chi connectivity index (χ1n) is 3.91. The van der Waals surface area contributed by atoms with Crippen molar-refractivity contribution in [1.29, 1.82) is 0 Å². The molecular weight excluding hydrogens is 184 g/mol. The molecule has 13 heavy (non-hydrogen) atoms. The van der Waals surface area contributed by atoms with Crippen LogP contribution in [0.1, 0.15) is 13.8 Å². The Bertz CT molecular complexity index is 322. The van der Waals surface area contributed by atoms with E-state index < -0.39 is 0 Å². The van der Waals surface area contributed by atoms with Crippen molar-refractivity contribution in [2.75, 3.05) is 5.32 Å². The molecule has 0 aliphatic carbocycles. The summed E-state index contributed by atoms with van der Waals surface area (Å²) in [6, 6.07) is 3.56. The van der Waals surface area contributed by atoms with E-state index in [0.717, 1.165) is 5.82 Å². The van der Waals surface area contributed by atoms with Gasteiger partial charge >= 0.3 is 0 Å². The van der Waals surface area contributed by atoms with Crippen LogP contribution in [0.15, 0.2) is 18.3 Å².